The molecule has 144 valence electrons. The van der Waals surface area contributed by atoms with Crippen LogP contribution in [0.4, 0.5) is 0 Å². The Morgan fingerprint density at radius 1 is 1.32 bits per heavy atom. The molecule has 0 N–H and O–H groups in total. The first kappa shape index (κ1) is 17.7. The number of aryl methyl sites for hydroxylation is 2. The number of nitrogens with zero attached hydrogens (tertiary/aromatic N) is 4. The summed E-state index contributed by atoms with van der Waals surface area (Å²) in [6.07, 6.45) is 5.62. The van der Waals surface area contributed by atoms with Crippen LogP contribution in [-0.4, -0.2) is 19.7 Å². The maximum Gasteiger partial charge on any atom is 0.283 e. The van der Waals surface area contributed by atoms with Crippen molar-refractivity contribution in [1.82, 2.24) is 19.7 Å². The van der Waals surface area contributed by atoms with Gasteiger partial charge >= 0.3 is 0 Å². The third-order valence-corrected chi connectivity index (χ3v) is 6.91. The molecule has 1 aliphatic carbocycles. The molecule has 28 heavy (non-hydrogen) atoms. The van der Waals surface area contributed by atoms with Crippen LogP contribution < -0.4 is 5.56 Å². The summed E-state index contributed by atoms with van der Waals surface area (Å²) in [5.74, 6) is 1.81. The van der Waals surface area contributed by atoms with E-state index in [2.05, 4.69) is 17.1 Å². The highest BCUT2D eigenvalue weighted by Crippen LogP contribution is 2.36. The lowest BCUT2D eigenvalue weighted by Gasteiger charge is -2.10. The van der Waals surface area contributed by atoms with E-state index in [9.17, 15) is 4.79 Å². The van der Waals surface area contributed by atoms with E-state index in [-0.39, 0.29) is 5.56 Å². The third-order valence-electron chi connectivity index (χ3n) is 4.76. The fourth-order valence-electron chi connectivity index (χ4n) is 3.53. The first-order valence-corrected chi connectivity index (χ1v) is 11.1. The molecule has 7 nitrogen and oxygen atoms in total. The Labute approximate surface area is 168 Å². The van der Waals surface area contributed by atoms with Gasteiger partial charge in [0.1, 0.15) is 4.83 Å². The van der Waals surface area contributed by atoms with Gasteiger partial charge in [-0.05, 0) is 43.4 Å². The Morgan fingerprint density at radius 3 is 3.07 bits per heavy atom. The number of furan rings is 1. The standard InChI is InChI=1S/C19H18N4O3S2/c1-2-8-23-18(24)15-11-5-3-7-13(11)28-17(15)20-19(23)27-10-14-21-22-16(26-14)12-6-4-9-25-12/h4,6,9H,2-3,5,7-8,10H2,1H3. The largest absolute Gasteiger partial charge is 0.459 e. The summed E-state index contributed by atoms with van der Waals surface area (Å²) in [4.78, 5) is 20.2. The van der Waals surface area contributed by atoms with Crippen LogP contribution in [0.3, 0.4) is 0 Å². The average molecular weight is 415 g/mol. The zero-order chi connectivity index (χ0) is 19.1. The van der Waals surface area contributed by atoms with Crippen molar-refractivity contribution in [3.05, 3.63) is 45.1 Å². The third kappa shape index (κ3) is 2.98. The Hall–Kier alpha value is -2.39. The number of aromatic nitrogens is 4. The van der Waals surface area contributed by atoms with Gasteiger partial charge in [0, 0.05) is 11.4 Å². The molecular formula is C19H18N4O3S2. The smallest absolute Gasteiger partial charge is 0.283 e. The molecule has 0 spiro atoms. The van der Waals surface area contributed by atoms with Crippen molar-refractivity contribution in [2.24, 2.45) is 0 Å². The maximum atomic E-state index is 13.2. The molecule has 4 aromatic rings. The summed E-state index contributed by atoms with van der Waals surface area (Å²) >= 11 is 3.12. The highest BCUT2D eigenvalue weighted by atomic mass is 32.2. The first-order chi connectivity index (χ1) is 13.7. The summed E-state index contributed by atoms with van der Waals surface area (Å²) in [6.45, 7) is 2.72. The summed E-state index contributed by atoms with van der Waals surface area (Å²) < 4.78 is 12.7. The molecule has 4 aromatic heterocycles. The van der Waals surface area contributed by atoms with E-state index in [0.29, 0.717) is 35.0 Å². The van der Waals surface area contributed by atoms with Crippen LogP contribution in [0.2, 0.25) is 0 Å². The van der Waals surface area contributed by atoms with Crippen molar-refractivity contribution >= 4 is 33.3 Å². The van der Waals surface area contributed by atoms with Crippen LogP contribution in [0.1, 0.15) is 36.1 Å². The van der Waals surface area contributed by atoms with Gasteiger partial charge in [-0.1, -0.05) is 18.7 Å². The van der Waals surface area contributed by atoms with Crippen LogP contribution >= 0.6 is 23.1 Å². The minimum Gasteiger partial charge on any atom is -0.459 e. The molecule has 0 unspecified atom stereocenters. The second-order valence-electron chi connectivity index (χ2n) is 6.66. The topological polar surface area (TPSA) is 86.9 Å². The van der Waals surface area contributed by atoms with Crippen molar-refractivity contribution in [3.8, 4) is 11.7 Å². The van der Waals surface area contributed by atoms with E-state index in [1.54, 1.807) is 34.3 Å². The lowest BCUT2D eigenvalue weighted by atomic mass is 10.2. The molecule has 0 amide bonds. The minimum atomic E-state index is 0.0792. The zero-order valence-electron chi connectivity index (χ0n) is 15.3. The number of thioether (sulfide) groups is 1. The highest BCUT2D eigenvalue weighted by Gasteiger charge is 2.23. The molecular weight excluding hydrogens is 396 g/mol. The molecule has 1 aliphatic rings. The van der Waals surface area contributed by atoms with Crippen LogP contribution in [0.25, 0.3) is 21.9 Å². The molecule has 0 fully saturated rings. The van der Waals surface area contributed by atoms with Gasteiger partial charge in [0.2, 0.25) is 5.89 Å². The minimum absolute atomic E-state index is 0.0792. The Kier molecular flexibility index (Phi) is 4.56. The zero-order valence-corrected chi connectivity index (χ0v) is 16.9. The lowest BCUT2D eigenvalue weighted by molar-refractivity contribution is 0.494. The van der Waals surface area contributed by atoms with Crippen molar-refractivity contribution in [1.29, 1.82) is 0 Å². The summed E-state index contributed by atoms with van der Waals surface area (Å²) in [5, 5.41) is 9.63. The fourth-order valence-corrected chi connectivity index (χ4v) is 5.69. The van der Waals surface area contributed by atoms with Crippen LogP contribution in [-0.2, 0) is 25.1 Å². The second kappa shape index (κ2) is 7.21. The summed E-state index contributed by atoms with van der Waals surface area (Å²) in [5.41, 5.74) is 1.30. The average Bonchev–Trinajstić information content (AvgIpc) is 3.46. The number of thiophene rings is 1. The van der Waals surface area contributed by atoms with Crippen molar-refractivity contribution in [3.63, 3.8) is 0 Å². The molecule has 0 aliphatic heterocycles. The maximum absolute atomic E-state index is 13.2. The van der Waals surface area contributed by atoms with E-state index < -0.39 is 0 Å². The van der Waals surface area contributed by atoms with E-state index in [1.807, 2.05) is 0 Å². The van der Waals surface area contributed by atoms with Crippen LogP contribution in [0, 0.1) is 0 Å². The van der Waals surface area contributed by atoms with Gasteiger partial charge in [0.05, 0.1) is 17.4 Å². The van der Waals surface area contributed by atoms with Gasteiger partial charge in [-0.25, -0.2) is 4.98 Å². The van der Waals surface area contributed by atoms with Gasteiger partial charge in [-0.15, -0.1) is 21.5 Å². The van der Waals surface area contributed by atoms with Crippen molar-refractivity contribution < 1.29 is 8.83 Å². The summed E-state index contributed by atoms with van der Waals surface area (Å²) in [6, 6.07) is 3.55. The van der Waals surface area contributed by atoms with Gasteiger partial charge in [-0.2, -0.15) is 0 Å². The van der Waals surface area contributed by atoms with Gasteiger partial charge in [0.15, 0.2) is 10.9 Å². The molecule has 0 bridgehead atoms. The van der Waals surface area contributed by atoms with E-state index in [4.69, 9.17) is 13.8 Å². The molecule has 0 radical (unpaired) electrons. The molecule has 4 heterocycles. The predicted octanol–water partition coefficient (Wildman–Crippen LogP) is 4.29. The number of fused-ring (bicyclic) bond motifs is 3. The van der Waals surface area contributed by atoms with Gasteiger partial charge < -0.3 is 8.83 Å². The second-order valence-corrected chi connectivity index (χ2v) is 8.68. The van der Waals surface area contributed by atoms with Gasteiger partial charge in [0.25, 0.3) is 11.4 Å². The first-order valence-electron chi connectivity index (χ1n) is 9.28. The molecule has 0 aromatic carbocycles. The van der Waals surface area contributed by atoms with Crippen LogP contribution in [0.15, 0.2) is 37.2 Å². The SMILES string of the molecule is CCCn1c(SCc2nnc(-c3ccco3)o2)nc2sc3c(c2c1=O)CCC3. The van der Waals surface area contributed by atoms with E-state index in [0.717, 1.165) is 35.9 Å². The highest BCUT2D eigenvalue weighted by molar-refractivity contribution is 7.98. The van der Waals surface area contributed by atoms with Crippen molar-refractivity contribution in [2.75, 3.05) is 0 Å². The number of rotatable bonds is 6. The monoisotopic (exact) mass is 414 g/mol. The normalized spacial score (nSPS) is 13.5. The van der Waals surface area contributed by atoms with E-state index >= 15 is 0 Å². The Balaban J connectivity index is 1.47. The quantitative estimate of drug-likeness (QED) is 0.343. The lowest BCUT2D eigenvalue weighted by Crippen LogP contribution is -2.23. The predicted molar refractivity (Wildman–Crippen MR) is 108 cm³/mol. The Morgan fingerprint density at radius 2 is 2.25 bits per heavy atom. The van der Waals surface area contributed by atoms with E-state index in [1.165, 1.54) is 22.2 Å². The number of hydrogen-bond donors (Lipinski definition) is 0. The molecule has 9 heteroatoms. The van der Waals surface area contributed by atoms with Gasteiger partial charge in [-0.3, -0.25) is 9.36 Å². The Bertz CT molecular complexity index is 1190. The fraction of sp³-hybridized carbons (Fsp3) is 0.368. The van der Waals surface area contributed by atoms with Crippen LogP contribution in [0.5, 0.6) is 0 Å². The molecule has 5 rings (SSSR count). The van der Waals surface area contributed by atoms with Crippen molar-refractivity contribution in [2.45, 2.75) is 50.1 Å². The summed E-state index contributed by atoms with van der Waals surface area (Å²) in [7, 11) is 0. The molecule has 0 saturated carbocycles. The molecule has 0 atom stereocenters. The number of hydrogen-bond acceptors (Lipinski definition) is 8. The molecule has 0 saturated heterocycles.